The van der Waals surface area contributed by atoms with Crippen molar-refractivity contribution in [1.29, 1.82) is 5.26 Å². The van der Waals surface area contributed by atoms with E-state index in [1.165, 1.54) is 11.3 Å². The van der Waals surface area contributed by atoms with Gasteiger partial charge in [0.05, 0.1) is 52.3 Å². The van der Waals surface area contributed by atoms with E-state index in [1.807, 2.05) is 42.3 Å². The first-order valence-corrected chi connectivity index (χ1v) is 15.7. The van der Waals surface area contributed by atoms with Crippen LogP contribution in [0.2, 0.25) is 0 Å². The Balaban J connectivity index is 1.60. The van der Waals surface area contributed by atoms with E-state index in [0.29, 0.717) is 36.4 Å². The van der Waals surface area contributed by atoms with Crippen LogP contribution < -0.4 is 20.7 Å². The quantitative estimate of drug-likeness (QED) is 0.226. The van der Waals surface area contributed by atoms with Gasteiger partial charge in [-0.25, -0.2) is 4.39 Å². The van der Waals surface area contributed by atoms with Crippen LogP contribution in [0.25, 0.3) is 15.7 Å². The van der Waals surface area contributed by atoms with Crippen LogP contribution >= 0.6 is 18.5 Å². The van der Waals surface area contributed by atoms with E-state index in [9.17, 15) is 14.2 Å². The molecule has 3 aromatic rings. The second kappa shape index (κ2) is 11.6. The molecule has 1 fully saturated rings. The summed E-state index contributed by atoms with van der Waals surface area (Å²) in [6, 6.07) is 13.2. The van der Waals surface area contributed by atoms with Crippen molar-refractivity contribution in [1.82, 2.24) is 4.90 Å². The van der Waals surface area contributed by atoms with Gasteiger partial charge in [-0.3, -0.25) is 0 Å². The average Bonchev–Trinajstić information content (AvgIpc) is 3.26. The zero-order valence-electron chi connectivity index (χ0n) is 22.1. The molecule has 0 amide bonds. The summed E-state index contributed by atoms with van der Waals surface area (Å²) in [5.74, 6) is 6.95. The summed E-state index contributed by atoms with van der Waals surface area (Å²) in [5.41, 5.74) is 2.65. The summed E-state index contributed by atoms with van der Waals surface area (Å²) in [7, 11) is 1.11. The number of hydrogen-bond acceptors (Lipinski definition) is 7. The Morgan fingerprint density at radius 3 is 2.79 bits per heavy atom. The molecule has 2 aromatic carbocycles. The molecule has 4 rings (SSSR count). The third-order valence-corrected chi connectivity index (χ3v) is 9.29. The number of benzene rings is 2. The number of thiophene rings is 1. The molecule has 0 aliphatic carbocycles. The first kappa shape index (κ1) is 27.7. The fourth-order valence-corrected chi connectivity index (χ4v) is 6.56. The maximum atomic E-state index is 14.7. The van der Waals surface area contributed by atoms with Gasteiger partial charge in [-0.15, -0.1) is 11.3 Å². The standard InChI is InChI=1S/C29H32FN4O2PS/c1-19(17-31)28-21-8-6-9-25(33-23-13-15-34(2)18-22(23)30)29(21)38-27(28)10-7-14-32-24-12-11-20(37(4,5)35)16-26(24)36-3/h6,8-9,11-12,16,22-23,32-33H,1,13-15,18H2,2-5H3. The number of methoxy groups -OCH3 is 1. The fourth-order valence-electron chi connectivity index (χ4n) is 4.52. The summed E-state index contributed by atoms with van der Waals surface area (Å²) in [6.07, 6.45) is -0.246. The molecule has 198 valence electrons. The average molecular weight is 551 g/mol. The smallest absolute Gasteiger partial charge is 0.142 e. The van der Waals surface area contributed by atoms with Gasteiger partial charge >= 0.3 is 0 Å². The van der Waals surface area contributed by atoms with Gasteiger partial charge in [-0.05, 0) is 51.1 Å². The lowest BCUT2D eigenvalue weighted by atomic mass is 10.0. The number of piperidine rings is 1. The number of halogens is 1. The van der Waals surface area contributed by atoms with Crippen LogP contribution in [0.3, 0.4) is 0 Å². The number of allylic oxidation sites excluding steroid dienone is 1. The van der Waals surface area contributed by atoms with Crippen molar-refractivity contribution in [3.8, 4) is 23.7 Å². The number of alkyl halides is 1. The summed E-state index contributed by atoms with van der Waals surface area (Å²) < 4.78 is 33.5. The number of nitrogens with one attached hydrogen (secondary N) is 2. The van der Waals surface area contributed by atoms with Crippen LogP contribution in [0.5, 0.6) is 5.75 Å². The molecule has 0 radical (unpaired) electrons. The van der Waals surface area contributed by atoms with Gasteiger partial charge in [0, 0.05) is 29.3 Å². The molecule has 0 spiro atoms. The maximum Gasteiger partial charge on any atom is 0.142 e. The lowest BCUT2D eigenvalue weighted by molar-refractivity contribution is 0.149. The molecular formula is C29H32FN4O2PS. The van der Waals surface area contributed by atoms with E-state index < -0.39 is 13.3 Å². The largest absolute Gasteiger partial charge is 0.495 e. The minimum atomic E-state index is -2.40. The monoisotopic (exact) mass is 550 g/mol. The molecular weight excluding hydrogens is 518 g/mol. The Morgan fingerprint density at radius 2 is 2.11 bits per heavy atom. The Morgan fingerprint density at radius 1 is 1.32 bits per heavy atom. The lowest BCUT2D eigenvalue weighted by Gasteiger charge is -2.33. The minimum absolute atomic E-state index is 0.268. The minimum Gasteiger partial charge on any atom is -0.495 e. The highest BCUT2D eigenvalue weighted by Gasteiger charge is 2.28. The van der Waals surface area contributed by atoms with Crippen molar-refractivity contribution in [2.75, 3.05) is 57.8 Å². The number of hydrogen-bond donors (Lipinski definition) is 2. The molecule has 1 aliphatic heterocycles. The van der Waals surface area contributed by atoms with E-state index in [-0.39, 0.29) is 6.04 Å². The number of anilines is 2. The Kier molecular flexibility index (Phi) is 8.48. The highest BCUT2D eigenvalue weighted by atomic mass is 32.1. The third-order valence-electron chi connectivity index (χ3n) is 6.61. The van der Waals surface area contributed by atoms with Crippen molar-refractivity contribution in [2.24, 2.45) is 0 Å². The molecule has 1 aliphatic rings. The van der Waals surface area contributed by atoms with E-state index >= 15 is 0 Å². The topological polar surface area (TPSA) is 77.4 Å². The van der Waals surface area contributed by atoms with E-state index in [1.54, 1.807) is 26.5 Å². The lowest BCUT2D eigenvalue weighted by Crippen LogP contribution is -2.46. The number of nitriles is 1. The molecule has 1 saturated heterocycles. The normalized spacial score (nSPS) is 17.8. The van der Waals surface area contributed by atoms with Gasteiger partial charge in [-0.2, -0.15) is 5.26 Å². The first-order valence-electron chi connectivity index (χ1n) is 12.3. The van der Waals surface area contributed by atoms with Crippen LogP contribution in [0.15, 0.2) is 43.0 Å². The van der Waals surface area contributed by atoms with Crippen molar-refractivity contribution < 1.29 is 13.7 Å². The fraction of sp³-hybridized carbons (Fsp3) is 0.345. The number of ether oxygens (including phenoxy) is 1. The first-order chi connectivity index (χ1) is 18.1. The summed E-state index contributed by atoms with van der Waals surface area (Å²) in [5, 5.41) is 17.9. The molecule has 6 nitrogen and oxygen atoms in total. The van der Waals surface area contributed by atoms with Gasteiger partial charge in [0.2, 0.25) is 0 Å². The SMILES string of the molecule is C=C(C#N)c1c(C#CCNc2ccc(P(C)(C)=O)cc2OC)sc2c(NC3CCN(C)CC3F)cccc12. The van der Waals surface area contributed by atoms with Crippen LogP contribution in [0.4, 0.5) is 15.8 Å². The Hall–Kier alpha value is -3.29. The van der Waals surface area contributed by atoms with Crippen LogP contribution in [-0.4, -0.2) is 64.2 Å². The maximum absolute atomic E-state index is 14.7. The molecule has 2 atom stereocenters. The number of nitrogens with zero attached hydrogens (tertiary/aromatic N) is 2. The molecule has 0 bridgehead atoms. The predicted molar refractivity (Wildman–Crippen MR) is 158 cm³/mol. The molecule has 38 heavy (non-hydrogen) atoms. The predicted octanol–water partition coefficient (Wildman–Crippen LogP) is 5.61. The zero-order valence-corrected chi connectivity index (χ0v) is 23.8. The van der Waals surface area contributed by atoms with Gasteiger partial charge < -0.3 is 24.8 Å². The van der Waals surface area contributed by atoms with Crippen molar-refractivity contribution in [2.45, 2.75) is 18.6 Å². The Labute approximate surface area is 227 Å². The number of fused-ring (bicyclic) bond motifs is 1. The molecule has 1 aromatic heterocycles. The highest BCUT2D eigenvalue weighted by Crippen LogP contribution is 2.40. The molecule has 2 heterocycles. The summed E-state index contributed by atoms with van der Waals surface area (Å²) in [6.45, 7) is 8.98. The Bertz CT molecular complexity index is 1510. The van der Waals surface area contributed by atoms with Gasteiger partial charge in [0.25, 0.3) is 0 Å². The van der Waals surface area contributed by atoms with Crippen molar-refractivity contribution in [3.05, 3.63) is 53.4 Å². The van der Waals surface area contributed by atoms with Crippen LogP contribution in [0, 0.1) is 23.2 Å². The van der Waals surface area contributed by atoms with Crippen molar-refractivity contribution in [3.63, 3.8) is 0 Å². The molecule has 2 unspecified atom stereocenters. The zero-order chi connectivity index (χ0) is 27.4. The third kappa shape index (κ3) is 6.05. The van der Waals surface area contributed by atoms with Crippen molar-refractivity contribution >= 4 is 50.8 Å². The van der Waals surface area contributed by atoms with Gasteiger partial charge in [-0.1, -0.05) is 30.6 Å². The number of rotatable bonds is 7. The molecule has 0 saturated carbocycles. The second-order valence-corrected chi connectivity index (χ2v) is 14.0. The van der Waals surface area contributed by atoms with Gasteiger partial charge in [0.1, 0.15) is 19.1 Å². The molecule has 2 N–H and O–H groups in total. The summed E-state index contributed by atoms with van der Waals surface area (Å²) in [4.78, 5) is 2.74. The van der Waals surface area contributed by atoms with E-state index in [2.05, 4.69) is 35.1 Å². The molecule has 9 heteroatoms. The van der Waals surface area contributed by atoms with Crippen LogP contribution in [-0.2, 0) is 4.57 Å². The number of likely N-dealkylation sites (tertiary alicyclic amines) is 1. The van der Waals surface area contributed by atoms with E-state index in [0.717, 1.165) is 38.2 Å². The van der Waals surface area contributed by atoms with E-state index in [4.69, 9.17) is 4.74 Å². The summed E-state index contributed by atoms with van der Waals surface area (Å²) >= 11 is 1.48. The highest BCUT2D eigenvalue weighted by molar-refractivity contribution is 7.70. The van der Waals surface area contributed by atoms with Crippen LogP contribution in [0.1, 0.15) is 16.9 Å². The second-order valence-electron chi connectivity index (χ2n) is 9.79. The van der Waals surface area contributed by atoms with Gasteiger partial charge in [0.15, 0.2) is 0 Å².